The molecule has 0 saturated carbocycles. The number of unbranched alkanes of at least 4 members (excludes halogenated alkanes) is 1. The van der Waals surface area contributed by atoms with Gasteiger partial charge in [0.1, 0.15) is 0 Å². The van der Waals surface area contributed by atoms with Crippen LogP contribution in [0, 0.1) is 6.92 Å². The molecule has 0 aliphatic carbocycles. The van der Waals surface area contributed by atoms with Crippen molar-refractivity contribution in [1.82, 2.24) is 4.57 Å². The molecule has 0 amide bonds. The van der Waals surface area contributed by atoms with Gasteiger partial charge in [0.25, 0.3) is 0 Å². The molecule has 1 aromatic heterocycles. The summed E-state index contributed by atoms with van der Waals surface area (Å²) in [6.07, 6.45) is 4.18. The molecule has 0 bridgehead atoms. The quantitative estimate of drug-likeness (QED) is 0.821. The Morgan fingerprint density at radius 3 is 2.71 bits per heavy atom. The number of aryl methyl sites for hydroxylation is 2. The molecule has 1 heterocycles. The monoisotopic (exact) mass is 288 g/mol. The fourth-order valence-corrected chi connectivity index (χ4v) is 2.89. The topological polar surface area (TPSA) is 68.2 Å². The zero-order chi connectivity index (χ0) is 15.4. The van der Waals surface area contributed by atoms with Gasteiger partial charge in [0.15, 0.2) is 0 Å². The number of rotatable bonds is 7. The molecule has 2 rings (SSSR count). The molecule has 1 aromatic carbocycles. The van der Waals surface area contributed by atoms with Crippen LogP contribution in [-0.4, -0.2) is 22.2 Å². The van der Waals surface area contributed by atoms with Crippen LogP contribution in [0.25, 0.3) is 10.9 Å². The van der Waals surface area contributed by atoms with Crippen molar-refractivity contribution in [2.75, 3.05) is 6.54 Å². The van der Waals surface area contributed by atoms with Gasteiger partial charge in [0.2, 0.25) is 0 Å². The molecule has 21 heavy (non-hydrogen) atoms. The Labute approximate surface area is 125 Å². The number of nitrogens with two attached hydrogens (primary N) is 1. The normalized spacial score (nSPS) is 11.2. The SMILES string of the molecule is CCCCc1c(C)n(CCCN)c2ccc(C(=O)O)cc12. The first-order chi connectivity index (χ1) is 10.1. The van der Waals surface area contributed by atoms with Crippen LogP contribution in [0.5, 0.6) is 0 Å². The number of nitrogens with zero attached hydrogens (tertiary/aromatic N) is 1. The number of carboxylic acids is 1. The molecule has 114 valence electrons. The third-order valence-corrected chi connectivity index (χ3v) is 4.07. The third-order valence-electron chi connectivity index (χ3n) is 4.07. The Hall–Kier alpha value is -1.81. The van der Waals surface area contributed by atoms with E-state index in [0.717, 1.165) is 43.1 Å². The van der Waals surface area contributed by atoms with Crippen molar-refractivity contribution >= 4 is 16.9 Å². The lowest BCUT2D eigenvalue weighted by atomic mass is 10.0. The van der Waals surface area contributed by atoms with Crippen LogP contribution in [0.4, 0.5) is 0 Å². The van der Waals surface area contributed by atoms with Gasteiger partial charge >= 0.3 is 5.97 Å². The highest BCUT2D eigenvalue weighted by Crippen LogP contribution is 2.28. The molecule has 0 saturated heterocycles. The summed E-state index contributed by atoms with van der Waals surface area (Å²) in [6, 6.07) is 5.43. The maximum Gasteiger partial charge on any atom is 0.335 e. The number of hydrogen-bond acceptors (Lipinski definition) is 2. The van der Waals surface area contributed by atoms with Crippen molar-refractivity contribution in [2.45, 2.75) is 46.1 Å². The molecular weight excluding hydrogens is 264 g/mol. The summed E-state index contributed by atoms with van der Waals surface area (Å²) in [6.45, 7) is 5.85. The van der Waals surface area contributed by atoms with Crippen LogP contribution in [0.2, 0.25) is 0 Å². The van der Waals surface area contributed by atoms with E-state index < -0.39 is 5.97 Å². The minimum Gasteiger partial charge on any atom is -0.478 e. The summed E-state index contributed by atoms with van der Waals surface area (Å²) < 4.78 is 2.28. The van der Waals surface area contributed by atoms with E-state index in [9.17, 15) is 9.90 Å². The maximum atomic E-state index is 11.2. The molecule has 0 aliphatic heterocycles. The van der Waals surface area contributed by atoms with Crippen molar-refractivity contribution in [3.8, 4) is 0 Å². The van der Waals surface area contributed by atoms with E-state index in [-0.39, 0.29) is 0 Å². The summed E-state index contributed by atoms with van der Waals surface area (Å²) in [7, 11) is 0. The molecule has 3 N–H and O–H groups in total. The van der Waals surface area contributed by atoms with Crippen molar-refractivity contribution in [2.24, 2.45) is 5.73 Å². The largest absolute Gasteiger partial charge is 0.478 e. The average molecular weight is 288 g/mol. The minimum absolute atomic E-state index is 0.358. The first-order valence-electron chi connectivity index (χ1n) is 7.65. The summed E-state index contributed by atoms with van der Waals surface area (Å²) >= 11 is 0. The van der Waals surface area contributed by atoms with Gasteiger partial charge in [0, 0.05) is 23.1 Å². The van der Waals surface area contributed by atoms with Gasteiger partial charge in [-0.05, 0) is 56.5 Å². The van der Waals surface area contributed by atoms with Gasteiger partial charge in [-0.1, -0.05) is 13.3 Å². The fraction of sp³-hybridized carbons (Fsp3) is 0.471. The zero-order valence-electron chi connectivity index (χ0n) is 12.9. The van der Waals surface area contributed by atoms with E-state index in [1.165, 1.54) is 11.3 Å². The van der Waals surface area contributed by atoms with Crippen molar-refractivity contribution in [3.05, 3.63) is 35.0 Å². The number of aromatic nitrogens is 1. The summed E-state index contributed by atoms with van der Waals surface area (Å²) in [5.41, 5.74) is 9.64. The predicted octanol–water partition coefficient (Wildman–Crippen LogP) is 3.34. The highest BCUT2D eigenvalue weighted by molar-refractivity contribution is 5.95. The Bertz CT molecular complexity index is 644. The minimum atomic E-state index is -0.870. The fourth-order valence-electron chi connectivity index (χ4n) is 2.89. The van der Waals surface area contributed by atoms with Crippen LogP contribution in [0.1, 0.15) is 47.8 Å². The molecule has 0 unspecified atom stereocenters. The average Bonchev–Trinajstić information content (AvgIpc) is 2.74. The van der Waals surface area contributed by atoms with Crippen molar-refractivity contribution in [3.63, 3.8) is 0 Å². The van der Waals surface area contributed by atoms with E-state index in [1.807, 2.05) is 12.1 Å². The van der Waals surface area contributed by atoms with E-state index in [2.05, 4.69) is 18.4 Å². The van der Waals surface area contributed by atoms with Gasteiger partial charge in [-0.25, -0.2) is 4.79 Å². The third kappa shape index (κ3) is 3.10. The molecule has 4 nitrogen and oxygen atoms in total. The number of carbonyl (C=O) groups is 1. The first kappa shape index (κ1) is 15.6. The number of hydrogen-bond donors (Lipinski definition) is 2. The second-order valence-corrected chi connectivity index (χ2v) is 5.50. The van der Waals surface area contributed by atoms with Gasteiger partial charge in [-0.3, -0.25) is 0 Å². The van der Waals surface area contributed by atoms with Gasteiger partial charge < -0.3 is 15.4 Å². The highest BCUT2D eigenvalue weighted by Gasteiger charge is 2.15. The molecule has 4 heteroatoms. The molecule has 0 spiro atoms. The Kier molecular flexibility index (Phi) is 5.02. The molecular formula is C17H24N2O2. The molecule has 0 radical (unpaired) electrons. The summed E-state index contributed by atoms with van der Waals surface area (Å²) in [5.74, 6) is -0.870. The Morgan fingerprint density at radius 2 is 2.10 bits per heavy atom. The van der Waals surface area contributed by atoms with Crippen molar-refractivity contribution in [1.29, 1.82) is 0 Å². The second-order valence-electron chi connectivity index (χ2n) is 5.50. The zero-order valence-corrected chi connectivity index (χ0v) is 12.9. The molecule has 0 fully saturated rings. The highest BCUT2D eigenvalue weighted by atomic mass is 16.4. The second kappa shape index (κ2) is 6.76. The lowest BCUT2D eigenvalue weighted by Gasteiger charge is -2.07. The lowest BCUT2D eigenvalue weighted by molar-refractivity contribution is 0.0697. The predicted molar refractivity (Wildman–Crippen MR) is 85.9 cm³/mol. The van der Waals surface area contributed by atoms with E-state index >= 15 is 0 Å². The molecule has 2 aromatic rings. The van der Waals surface area contributed by atoms with Gasteiger partial charge in [-0.15, -0.1) is 0 Å². The Balaban J connectivity index is 2.57. The number of carboxylic acid groups (broad SMARTS) is 1. The van der Waals surface area contributed by atoms with Crippen LogP contribution < -0.4 is 5.73 Å². The van der Waals surface area contributed by atoms with Crippen LogP contribution in [0.15, 0.2) is 18.2 Å². The van der Waals surface area contributed by atoms with Crippen LogP contribution >= 0.6 is 0 Å². The van der Waals surface area contributed by atoms with Crippen molar-refractivity contribution < 1.29 is 9.90 Å². The smallest absolute Gasteiger partial charge is 0.335 e. The summed E-state index contributed by atoms with van der Waals surface area (Å²) in [4.78, 5) is 11.2. The van der Waals surface area contributed by atoms with E-state index in [0.29, 0.717) is 12.1 Å². The number of aromatic carboxylic acids is 1. The van der Waals surface area contributed by atoms with E-state index in [1.54, 1.807) is 6.07 Å². The molecule has 0 aliphatic rings. The van der Waals surface area contributed by atoms with Crippen LogP contribution in [-0.2, 0) is 13.0 Å². The van der Waals surface area contributed by atoms with Gasteiger partial charge in [-0.2, -0.15) is 0 Å². The number of fused-ring (bicyclic) bond motifs is 1. The summed E-state index contributed by atoms with van der Waals surface area (Å²) in [5, 5.41) is 10.3. The Morgan fingerprint density at radius 1 is 1.33 bits per heavy atom. The van der Waals surface area contributed by atoms with Crippen LogP contribution in [0.3, 0.4) is 0 Å². The lowest BCUT2D eigenvalue weighted by Crippen LogP contribution is -2.07. The first-order valence-corrected chi connectivity index (χ1v) is 7.65. The van der Waals surface area contributed by atoms with Gasteiger partial charge in [0.05, 0.1) is 5.56 Å². The maximum absolute atomic E-state index is 11.2. The molecule has 0 atom stereocenters. The standard InChI is InChI=1S/C17H24N2O2/c1-3-4-6-14-12(2)19(10-5-9-18)16-8-7-13(17(20)21)11-15(14)16/h7-8,11H,3-6,9-10,18H2,1-2H3,(H,20,21). The van der Waals surface area contributed by atoms with E-state index in [4.69, 9.17) is 5.73 Å². The number of benzene rings is 1.